The van der Waals surface area contributed by atoms with Crippen molar-refractivity contribution in [3.05, 3.63) is 46.0 Å². The maximum atomic E-state index is 10.2. The molecule has 0 amide bonds. The van der Waals surface area contributed by atoms with E-state index in [0.29, 0.717) is 17.3 Å². The first-order valence-electron chi connectivity index (χ1n) is 12.2. The molecule has 1 aromatic carbocycles. The highest BCUT2D eigenvalue weighted by Gasteiger charge is 2.51. The Morgan fingerprint density at radius 2 is 1.79 bits per heavy atom. The minimum atomic E-state index is -0.134. The molecule has 1 saturated carbocycles. The van der Waals surface area contributed by atoms with Gasteiger partial charge in [0.1, 0.15) is 0 Å². The van der Waals surface area contributed by atoms with Crippen LogP contribution < -0.4 is 0 Å². The van der Waals surface area contributed by atoms with E-state index in [-0.39, 0.29) is 6.10 Å². The number of allylic oxidation sites excluding steroid dienone is 2. The predicted octanol–water partition coefficient (Wildman–Crippen LogP) is 6.78. The van der Waals surface area contributed by atoms with E-state index in [1.165, 1.54) is 42.4 Å². The van der Waals surface area contributed by atoms with E-state index in [1.807, 2.05) is 0 Å². The summed E-state index contributed by atoms with van der Waals surface area (Å²) >= 11 is 0. The van der Waals surface area contributed by atoms with E-state index in [9.17, 15) is 5.11 Å². The SMILES string of the molecule is Cc1c2c(cc3c1CC[C@]1(C)[C@@H]([C@H](C)C=C[C@H](C)C(C)C)CC[C@@H]31)CC[C@H](O)C2. The number of aryl methyl sites for hydroxylation is 1. The van der Waals surface area contributed by atoms with Gasteiger partial charge in [-0.3, -0.25) is 0 Å². The maximum absolute atomic E-state index is 10.2. The first-order chi connectivity index (χ1) is 13.7. The van der Waals surface area contributed by atoms with Crippen LogP contribution in [-0.2, 0) is 19.3 Å². The number of fused-ring (bicyclic) bond motifs is 4. The average molecular weight is 395 g/mol. The molecule has 0 heterocycles. The molecule has 29 heavy (non-hydrogen) atoms. The Kier molecular flexibility index (Phi) is 5.75. The summed E-state index contributed by atoms with van der Waals surface area (Å²) in [6, 6.07) is 2.58. The number of aliphatic hydroxyl groups is 1. The summed E-state index contributed by atoms with van der Waals surface area (Å²) < 4.78 is 0. The molecule has 0 radical (unpaired) electrons. The molecule has 1 aromatic rings. The fraction of sp³-hybridized carbons (Fsp3) is 0.714. The van der Waals surface area contributed by atoms with Crippen LogP contribution in [0.25, 0.3) is 0 Å². The lowest BCUT2D eigenvalue weighted by atomic mass is 9.60. The van der Waals surface area contributed by atoms with Gasteiger partial charge in [0.05, 0.1) is 6.10 Å². The first-order valence-corrected chi connectivity index (χ1v) is 12.2. The number of benzene rings is 1. The molecule has 1 heteroatoms. The molecule has 160 valence electrons. The molecule has 0 unspecified atom stereocenters. The molecular weight excluding hydrogens is 352 g/mol. The van der Waals surface area contributed by atoms with Crippen molar-refractivity contribution in [1.29, 1.82) is 0 Å². The molecule has 4 rings (SSSR count). The van der Waals surface area contributed by atoms with E-state index < -0.39 is 0 Å². The average Bonchev–Trinajstić information content (AvgIpc) is 3.04. The summed E-state index contributed by atoms with van der Waals surface area (Å²) in [5.41, 5.74) is 8.28. The highest BCUT2D eigenvalue weighted by Crippen LogP contribution is 2.61. The molecule has 1 N–H and O–H groups in total. The second-order valence-electron chi connectivity index (χ2n) is 11.2. The summed E-state index contributed by atoms with van der Waals surface area (Å²) in [6.07, 6.45) is 13.0. The molecule has 3 aliphatic rings. The zero-order valence-electron chi connectivity index (χ0n) is 19.6. The number of rotatable bonds is 4. The minimum absolute atomic E-state index is 0.134. The van der Waals surface area contributed by atoms with Crippen LogP contribution in [0.2, 0.25) is 0 Å². The van der Waals surface area contributed by atoms with Gasteiger partial charge in [-0.25, -0.2) is 0 Å². The second-order valence-corrected chi connectivity index (χ2v) is 11.2. The van der Waals surface area contributed by atoms with Crippen molar-refractivity contribution < 1.29 is 5.11 Å². The second kappa shape index (κ2) is 7.88. The van der Waals surface area contributed by atoms with E-state index in [1.54, 1.807) is 11.1 Å². The smallest absolute Gasteiger partial charge is 0.0583 e. The largest absolute Gasteiger partial charge is 0.393 e. The van der Waals surface area contributed by atoms with Gasteiger partial charge in [0, 0.05) is 0 Å². The highest BCUT2D eigenvalue weighted by atomic mass is 16.3. The van der Waals surface area contributed by atoms with Crippen LogP contribution in [0.4, 0.5) is 0 Å². The van der Waals surface area contributed by atoms with Crippen molar-refractivity contribution in [3.8, 4) is 0 Å². The molecule has 3 aliphatic carbocycles. The van der Waals surface area contributed by atoms with Gasteiger partial charge >= 0.3 is 0 Å². The molecule has 1 nitrogen and oxygen atoms in total. The van der Waals surface area contributed by atoms with E-state index in [2.05, 4.69) is 59.8 Å². The van der Waals surface area contributed by atoms with Gasteiger partial charge in [-0.2, -0.15) is 0 Å². The van der Waals surface area contributed by atoms with E-state index in [0.717, 1.165) is 37.0 Å². The fourth-order valence-corrected chi connectivity index (χ4v) is 6.91. The Labute approximate surface area is 179 Å². The van der Waals surface area contributed by atoms with E-state index >= 15 is 0 Å². The Hall–Kier alpha value is -1.08. The third-order valence-corrected chi connectivity index (χ3v) is 9.26. The Balaban J connectivity index is 1.62. The summed E-state index contributed by atoms with van der Waals surface area (Å²) in [5.74, 6) is 3.58. The van der Waals surface area contributed by atoms with Crippen molar-refractivity contribution in [3.63, 3.8) is 0 Å². The molecular formula is C28H42O. The van der Waals surface area contributed by atoms with E-state index in [4.69, 9.17) is 0 Å². The summed E-state index contributed by atoms with van der Waals surface area (Å²) in [6.45, 7) is 14.4. The van der Waals surface area contributed by atoms with Gasteiger partial charge in [-0.05, 0) is 115 Å². The lowest BCUT2D eigenvalue weighted by Crippen LogP contribution is -2.35. The summed E-state index contributed by atoms with van der Waals surface area (Å²) in [5, 5.41) is 10.2. The monoisotopic (exact) mass is 394 g/mol. The predicted molar refractivity (Wildman–Crippen MR) is 123 cm³/mol. The summed E-state index contributed by atoms with van der Waals surface area (Å²) in [4.78, 5) is 0. The molecule has 0 bridgehead atoms. The first kappa shape index (κ1) is 21.2. The molecule has 0 aliphatic heterocycles. The van der Waals surface area contributed by atoms with Crippen LogP contribution in [0, 0.1) is 36.0 Å². The van der Waals surface area contributed by atoms with Gasteiger partial charge in [0.2, 0.25) is 0 Å². The van der Waals surface area contributed by atoms with Crippen LogP contribution in [0.5, 0.6) is 0 Å². The van der Waals surface area contributed by atoms with Crippen molar-refractivity contribution in [2.45, 2.75) is 98.5 Å². The number of aliphatic hydroxyl groups excluding tert-OH is 1. The van der Waals surface area contributed by atoms with Gasteiger partial charge in [0.25, 0.3) is 0 Å². The van der Waals surface area contributed by atoms with Crippen LogP contribution >= 0.6 is 0 Å². The van der Waals surface area contributed by atoms with Gasteiger partial charge in [-0.15, -0.1) is 0 Å². The Morgan fingerprint density at radius 1 is 1.03 bits per heavy atom. The van der Waals surface area contributed by atoms with Crippen LogP contribution in [0.3, 0.4) is 0 Å². The third-order valence-electron chi connectivity index (χ3n) is 9.26. The Morgan fingerprint density at radius 3 is 2.52 bits per heavy atom. The Bertz CT molecular complexity index is 788. The zero-order chi connectivity index (χ0) is 20.9. The number of hydrogen-bond acceptors (Lipinski definition) is 1. The van der Waals surface area contributed by atoms with Gasteiger partial charge in [0.15, 0.2) is 0 Å². The topological polar surface area (TPSA) is 20.2 Å². The normalized spacial score (nSPS) is 33.4. The van der Waals surface area contributed by atoms with Gasteiger partial charge < -0.3 is 5.11 Å². The third kappa shape index (κ3) is 3.62. The molecule has 0 spiro atoms. The lowest BCUT2D eigenvalue weighted by Gasteiger charge is -2.45. The molecule has 6 atom stereocenters. The molecule has 0 saturated heterocycles. The van der Waals surface area contributed by atoms with Crippen molar-refractivity contribution >= 4 is 0 Å². The molecule has 1 fully saturated rings. The lowest BCUT2D eigenvalue weighted by molar-refractivity contribution is 0.141. The van der Waals surface area contributed by atoms with Crippen LogP contribution in [0.15, 0.2) is 18.2 Å². The maximum Gasteiger partial charge on any atom is 0.0583 e. The fourth-order valence-electron chi connectivity index (χ4n) is 6.91. The highest BCUT2D eigenvalue weighted by molar-refractivity contribution is 5.50. The van der Waals surface area contributed by atoms with Crippen LogP contribution in [-0.4, -0.2) is 11.2 Å². The van der Waals surface area contributed by atoms with Gasteiger partial charge in [-0.1, -0.05) is 52.8 Å². The number of hydrogen-bond donors (Lipinski definition) is 1. The van der Waals surface area contributed by atoms with Crippen LogP contribution in [0.1, 0.15) is 94.0 Å². The van der Waals surface area contributed by atoms with Crippen molar-refractivity contribution in [2.24, 2.45) is 29.1 Å². The van der Waals surface area contributed by atoms with Crippen molar-refractivity contribution in [1.82, 2.24) is 0 Å². The summed E-state index contributed by atoms with van der Waals surface area (Å²) in [7, 11) is 0. The standard InChI is InChI=1S/C28H42O/c1-17(2)18(3)7-8-19(4)26-11-12-27-25-15-21-9-10-22(29)16-24(21)20(5)23(25)13-14-28(26,27)6/h7-8,15,17-19,22,26-27,29H,9-14,16H2,1-6H3/t18-,19+,22-,26+,27-,28+/m0/s1. The quantitative estimate of drug-likeness (QED) is 0.558. The minimum Gasteiger partial charge on any atom is -0.393 e. The zero-order valence-corrected chi connectivity index (χ0v) is 19.6. The van der Waals surface area contributed by atoms with Crippen molar-refractivity contribution in [2.75, 3.05) is 0 Å². The molecule has 0 aromatic heterocycles.